The monoisotopic (exact) mass is 640 g/mol. The summed E-state index contributed by atoms with van der Waals surface area (Å²) in [5, 5.41) is 8.23. The summed E-state index contributed by atoms with van der Waals surface area (Å²) in [6, 6.07) is 4.45. The maximum atomic E-state index is 14.4. The van der Waals surface area contributed by atoms with Gasteiger partial charge in [-0.2, -0.15) is 0 Å². The van der Waals surface area contributed by atoms with Gasteiger partial charge in [-0.05, 0) is 91.6 Å². The number of primary amides is 1. The number of hydrogen-bond acceptors (Lipinski definition) is 9. The molecule has 3 heterocycles. The van der Waals surface area contributed by atoms with Crippen molar-refractivity contribution in [3.05, 3.63) is 35.9 Å². The summed E-state index contributed by atoms with van der Waals surface area (Å²) >= 11 is 0. The first kappa shape index (κ1) is 35.5. The fourth-order valence-corrected chi connectivity index (χ4v) is 7.19. The highest BCUT2D eigenvalue weighted by molar-refractivity contribution is 5.97. The normalized spacial score (nSPS) is 17.6. The van der Waals surface area contributed by atoms with E-state index in [1.807, 2.05) is 34.6 Å². The number of aromatic nitrogens is 3. The van der Waals surface area contributed by atoms with Crippen molar-refractivity contribution in [1.29, 1.82) is 0 Å². The molecule has 2 fully saturated rings. The van der Waals surface area contributed by atoms with Crippen LogP contribution in [0.4, 0.5) is 10.2 Å². The van der Waals surface area contributed by atoms with Gasteiger partial charge in [-0.1, -0.05) is 13.8 Å². The number of ether oxygens (including phenoxy) is 1. The third-order valence-electron chi connectivity index (χ3n) is 9.61. The molecule has 12 heteroatoms. The van der Waals surface area contributed by atoms with Crippen LogP contribution in [-0.2, 0) is 4.79 Å². The highest BCUT2D eigenvalue weighted by Gasteiger charge is 2.50. The molecule has 2 aromatic rings. The second kappa shape index (κ2) is 15.0. The Hall–Kier alpha value is -3.38. The zero-order chi connectivity index (χ0) is 33.8. The Labute approximate surface area is 273 Å². The summed E-state index contributed by atoms with van der Waals surface area (Å²) in [7, 11) is 2.06. The van der Waals surface area contributed by atoms with E-state index >= 15 is 0 Å². The van der Waals surface area contributed by atoms with Crippen LogP contribution in [0.1, 0.15) is 84.5 Å². The Morgan fingerprint density at radius 3 is 2.41 bits per heavy atom. The Kier molecular flexibility index (Phi) is 11.6. The van der Waals surface area contributed by atoms with Gasteiger partial charge in [0.05, 0.1) is 5.56 Å². The molecule has 2 atom stereocenters. The number of halogens is 1. The molecule has 1 aromatic carbocycles. The highest BCUT2D eigenvalue weighted by Crippen LogP contribution is 2.44. The van der Waals surface area contributed by atoms with Crippen molar-refractivity contribution in [2.45, 2.75) is 98.3 Å². The molecule has 1 spiro atoms. The maximum absolute atomic E-state index is 14.4. The average molecular weight is 641 g/mol. The molecule has 0 aliphatic carbocycles. The van der Waals surface area contributed by atoms with E-state index in [0.29, 0.717) is 24.2 Å². The Balaban J connectivity index is 1.42. The fraction of sp³-hybridized carbons (Fsp3) is 0.676. The molecule has 2 N–H and O–H groups in total. The van der Waals surface area contributed by atoms with Crippen LogP contribution in [0.5, 0.6) is 11.6 Å². The van der Waals surface area contributed by atoms with Gasteiger partial charge in [-0.25, -0.2) is 9.37 Å². The van der Waals surface area contributed by atoms with Crippen molar-refractivity contribution in [3.63, 3.8) is 0 Å². The van der Waals surface area contributed by atoms with Crippen LogP contribution in [0.25, 0.3) is 0 Å². The van der Waals surface area contributed by atoms with E-state index in [4.69, 9.17) is 10.5 Å². The van der Waals surface area contributed by atoms with Crippen molar-refractivity contribution < 1.29 is 18.7 Å². The summed E-state index contributed by atoms with van der Waals surface area (Å²) in [5.41, 5.74) is 5.69. The van der Waals surface area contributed by atoms with E-state index in [1.165, 1.54) is 24.5 Å². The molecule has 2 aliphatic heterocycles. The number of likely N-dealkylation sites (tertiary alicyclic amines) is 1. The van der Waals surface area contributed by atoms with Crippen LogP contribution in [0.15, 0.2) is 24.5 Å². The lowest BCUT2D eigenvalue weighted by Crippen LogP contribution is -2.62. The zero-order valence-electron chi connectivity index (χ0n) is 28.9. The van der Waals surface area contributed by atoms with Gasteiger partial charge in [0.25, 0.3) is 11.8 Å². The summed E-state index contributed by atoms with van der Waals surface area (Å²) in [6.07, 6.45) is 4.98. The Bertz CT molecular complexity index is 1340. The molecule has 11 nitrogen and oxygen atoms in total. The molecule has 2 aliphatic rings. The Morgan fingerprint density at radius 1 is 1.09 bits per heavy atom. The van der Waals surface area contributed by atoms with Crippen LogP contribution in [0.2, 0.25) is 0 Å². The largest absolute Gasteiger partial charge is 0.434 e. The molecular formula is C34H53FN8O3. The van der Waals surface area contributed by atoms with Crippen LogP contribution in [0.3, 0.4) is 0 Å². The minimum atomic E-state index is -0.513. The van der Waals surface area contributed by atoms with Crippen molar-refractivity contribution in [2.24, 2.45) is 17.1 Å². The molecule has 0 saturated carbocycles. The number of rotatable bonds is 15. The molecular weight excluding hydrogens is 587 g/mol. The van der Waals surface area contributed by atoms with Crippen LogP contribution >= 0.6 is 0 Å². The zero-order valence-corrected chi connectivity index (χ0v) is 28.9. The summed E-state index contributed by atoms with van der Waals surface area (Å²) in [5.74, 6) is 0.448. The summed E-state index contributed by atoms with van der Waals surface area (Å²) < 4.78 is 20.6. The first-order valence-electron chi connectivity index (χ1n) is 16.7. The molecule has 0 bridgehead atoms. The molecule has 254 valence electrons. The number of amides is 2. The molecule has 2 saturated heterocycles. The quantitative estimate of drug-likeness (QED) is 0.298. The van der Waals surface area contributed by atoms with Gasteiger partial charge in [0, 0.05) is 62.2 Å². The molecule has 1 unspecified atom stereocenters. The van der Waals surface area contributed by atoms with Crippen molar-refractivity contribution in [2.75, 3.05) is 44.7 Å². The van der Waals surface area contributed by atoms with Gasteiger partial charge < -0.3 is 25.2 Å². The number of benzene rings is 1. The number of nitrogens with two attached hydrogens (primary N) is 1. The van der Waals surface area contributed by atoms with Gasteiger partial charge in [-0.3, -0.25) is 14.5 Å². The highest BCUT2D eigenvalue weighted by atomic mass is 19.1. The lowest BCUT2D eigenvalue weighted by molar-refractivity contribution is -0.119. The van der Waals surface area contributed by atoms with Crippen LogP contribution in [0, 0.1) is 17.2 Å². The van der Waals surface area contributed by atoms with E-state index in [1.54, 1.807) is 4.90 Å². The predicted octanol–water partition coefficient (Wildman–Crippen LogP) is 4.57. The lowest BCUT2D eigenvalue weighted by Gasteiger charge is -2.53. The van der Waals surface area contributed by atoms with E-state index in [2.05, 4.69) is 50.8 Å². The van der Waals surface area contributed by atoms with Crippen molar-refractivity contribution in [1.82, 2.24) is 29.9 Å². The number of carbonyl (C=O) groups excluding carboxylic acids is 2. The van der Waals surface area contributed by atoms with Gasteiger partial charge in [-0.15, -0.1) is 10.2 Å². The second-order valence-electron chi connectivity index (χ2n) is 14.3. The SMILES string of the molecule is CC(C)C(CCCN(C)[C@@H](C)CC(N)=O)N1CC2(CCN(c3ncnnc3Oc3ccc(F)cc3C(=O)N(C(C)C)C(C)C)C2)C1. The number of anilines is 1. The van der Waals surface area contributed by atoms with E-state index in [-0.39, 0.29) is 52.5 Å². The summed E-state index contributed by atoms with van der Waals surface area (Å²) in [4.78, 5) is 38.2. The topological polar surface area (TPSA) is 121 Å². The van der Waals surface area contributed by atoms with E-state index in [9.17, 15) is 14.0 Å². The number of carbonyl (C=O) groups is 2. The molecule has 1 aromatic heterocycles. The molecule has 46 heavy (non-hydrogen) atoms. The maximum Gasteiger partial charge on any atom is 0.282 e. The fourth-order valence-electron chi connectivity index (χ4n) is 7.19. The van der Waals surface area contributed by atoms with Gasteiger partial charge in [0.1, 0.15) is 17.9 Å². The molecule has 2 amide bonds. The van der Waals surface area contributed by atoms with Gasteiger partial charge >= 0.3 is 0 Å². The molecule has 0 radical (unpaired) electrons. The van der Waals surface area contributed by atoms with Crippen molar-refractivity contribution >= 4 is 17.6 Å². The number of hydrogen-bond donors (Lipinski definition) is 1. The third-order valence-corrected chi connectivity index (χ3v) is 9.61. The smallest absolute Gasteiger partial charge is 0.282 e. The van der Waals surface area contributed by atoms with Gasteiger partial charge in [0.15, 0.2) is 5.82 Å². The van der Waals surface area contributed by atoms with Gasteiger partial charge in [0.2, 0.25) is 5.91 Å². The first-order chi connectivity index (χ1) is 21.7. The van der Waals surface area contributed by atoms with E-state index in [0.717, 1.165) is 52.0 Å². The Morgan fingerprint density at radius 2 is 1.78 bits per heavy atom. The van der Waals surface area contributed by atoms with Crippen LogP contribution < -0.4 is 15.4 Å². The minimum Gasteiger partial charge on any atom is -0.434 e. The predicted molar refractivity (Wildman–Crippen MR) is 177 cm³/mol. The first-order valence-corrected chi connectivity index (χ1v) is 16.7. The summed E-state index contributed by atoms with van der Waals surface area (Å²) in [6.45, 7) is 19.0. The standard InChI is InChI=1S/C34H53FN8O3/c1-22(2)28(10-9-14-40(8)25(7)16-30(36)44)42-19-34(20-42)13-15-41(18-34)31-32(39-38-21-37-31)46-29-12-11-26(35)17-27(29)33(45)43(23(3)4)24(5)6/h11-12,17,21-25,28H,9-10,13-16,18-20H2,1-8H3,(H2,36,44)/t25-,28?/m0/s1. The lowest BCUT2D eigenvalue weighted by atomic mass is 9.76. The van der Waals surface area contributed by atoms with Crippen molar-refractivity contribution in [3.8, 4) is 11.6 Å². The van der Waals surface area contributed by atoms with Crippen LogP contribution in [-0.4, -0.2) is 106 Å². The third kappa shape index (κ3) is 8.31. The van der Waals surface area contributed by atoms with E-state index < -0.39 is 5.82 Å². The second-order valence-corrected chi connectivity index (χ2v) is 14.3. The minimum absolute atomic E-state index is 0.0752. The molecule has 4 rings (SSSR count). The number of nitrogens with zero attached hydrogens (tertiary/aromatic N) is 7. The average Bonchev–Trinajstić information content (AvgIpc) is 3.40.